The number of rotatable bonds is 7. The van der Waals surface area contributed by atoms with Gasteiger partial charge in [0.15, 0.2) is 5.96 Å². The molecule has 27 heavy (non-hydrogen) atoms. The monoisotopic (exact) mass is 364 g/mol. The Morgan fingerprint density at radius 3 is 2.67 bits per heavy atom. The average molecular weight is 364 g/mol. The normalized spacial score (nSPS) is 11.3. The molecule has 1 aromatic heterocycles. The van der Waals surface area contributed by atoms with E-state index in [-0.39, 0.29) is 0 Å². The number of aliphatic imine (C=N–C) groups is 1. The first-order valence-corrected chi connectivity index (χ1v) is 8.87. The molecule has 140 valence electrons. The van der Waals surface area contributed by atoms with E-state index in [9.17, 15) is 0 Å². The minimum atomic E-state index is 0.581. The van der Waals surface area contributed by atoms with Gasteiger partial charge in [-0.2, -0.15) is 5.10 Å². The van der Waals surface area contributed by atoms with Crippen molar-refractivity contribution in [1.29, 1.82) is 0 Å². The lowest BCUT2D eigenvalue weighted by atomic mass is 10.2. The van der Waals surface area contributed by atoms with Crippen LogP contribution in [0.2, 0.25) is 0 Å². The number of methoxy groups -OCH3 is 1. The molecule has 0 saturated heterocycles. The Balaban J connectivity index is 1.60. The Hall–Kier alpha value is -3.35. The lowest BCUT2D eigenvalue weighted by molar-refractivity contribution is 0.414. The summed E-state index contributed by atoms with van der Waals surface area (Å²) in [5.41, 5.74) is 3.24. The lowest BCUT2D eigenvalue weighted by Gasteiger charge is -2.12. The van der Waals surface area contributed by atoms with E-state index in [1.165, 1.54) is 6.33 Å². The molecular weight excluding hydrogens is 340 g/mol. The van der Waals surface area contributed by atoms with Gasteiger partial charge in [-0.3, -0.25) is 0 Å². The number of hydrogen-bond donors (Lipinski definition) is 2. The molecule has 3 aromatic rings. The highest BCUT2D eigenvalue weighted by molar-refractivity contribution is 5.79. The fourth-order valence-corrected chi connectivity index (χ4v) is 2.58. The van der Waals surface area contributed by atoms with Crippen molar-refractivity contribution in [2.75, 3.05) is 13.7 Å². The minimum absolute atomic E-state index is 0.581. The van der Waals surface area contributed by atoms with E-state index in [0.717, 1.165) is 35.1 Å². The Bertz CT molecular complexity index is 858. The van der Waals surface area contributed by atoms with Crippen molar-refractivity contribution in [2.45, 2.75) is 20.0 Å². The van der Waals surface area contributed by atoms with E-state index in [1.54, 1.807) is 18.1 Å². The van der Waals surface area contributed by atoms with Crippen LogP contribution in [-0.4, -0.2) is 34.4 Å². The fourth-order valence-electron chi connectivity index (χ4n) is 2.58. The third-order valence-electron chi connectivity index (χ3n) is 3.98. The molecule has 0 fully saturated rings. The molecule has 0 bridgehead atoms. The molecule has 7 heteroatoms. The number of hydrogen-bond acceptors (Lipinski definition) is 4. The van der Waals surface area contributed by atoms with Gasteiger partial charge in [0.25, 0.3) is 0 Å². The van der Waals surface area contributed by atoms with E-state index >= 15 is 0 Å². The molecule has 0 radical (unpaired) electrons. The van der Waals surface area contributed by atoms with Gasteiger partial charge < -0.3 is 15.4 Å². The van der Waals surface area contributed by atoms with E-state index in [0.29, 0.717) is 13.1 Å². The molecule has 2 N–H and O–H groups in total. The summed E-state index contributed by atoms with van der Waals surface area (Å²) in [5.74, 6) is 1.62. The Morgan fingerprint density at radius 2 is 1.96 bits per heavy atom. The Labute approximate surface area is 159 Å². The predicted molar refractivity (Wildman–Crippen MR) is 106 cm³/mol. The van der Waals surface area contributed by atoms with Crippen LogP contribution in [0.4, 0.5) is 0 Å². The van der Waals surface area contributed by atoms with Gasteiger partial charge in [0.05, 0.1) is 19.3 Å². The van der Waals surface area contributed by atoms with E-state index in [1.807, 2.05) is 36.4 Å². The smallest absolute Gasteiger partial charge is 0.191 e. The van der Waals surface area contributed by atoms with Crippen molar-refractivity contribution in [2.24, 2.45) is 4.99 Å². The third-order valence-corrected chi connectivity index (χ3v) is 3.98. The summed E-state index contributed by atoms with van der Waals surface area (Å²) in [6.07, 6.45) is 3.21. The summed E-state index contributed by atoms with van der Waals surface area (Å²) in [6.45, 7) is 4.12. The van der Waals surface area contributed by atoms with Crippen LogP contribution in [0.3, 0.4) is 0 Å². The maximum absolute atomic E-state index is 5.26. The molecule has 2 aromatic carbocycles. The molecule has 0 aliphatic carbocycles. The zero-order valence-corrected chi connectivity index (χ0v) is 15.6. The lowest BCUT2D eigenvalue weighted by Crippen LogP contribution is -2.36. The summed E-state index contributed by atoms with van der Waals surface area (Å²) < 4.78 is 6.99. The van der Waals surface area contributed by atoms with Crippen molar-refractivity contribution < 1.29 is 4.74 Å². The van der Waals surface area contributed by atoms with Crippen molar-refractivity contribution in [3.8, 4) is 11.4 Å². The van der Waals surface area contributed by atoms with Gasteiger partial charge in [-0.15, -0.1) is 0 Å². The van der Waals surface area contributed by atoms with Crippen LogP contribution in [-0.2, 0) is 13.1 Å². The van der Waals surface area contributed by atoms with Crippen LogP contribution in [0.5, 0.6) is 5.75 Å². The zero-order valence-electron chi connectivity index (χ0n) is 15.6. The van der Waals surface area contributed by atoms with Crippen LogP contribution in [0.1, 0.15) is 18.1 Å². The van der Waals surface area contributed by atoms with Crippen LogP contribution in [0.25, 0.3) is 5.69 Å². The molecule has 0 unspecified atom stereocenters. The van der Waals surface area contributed by atoms with Crippen molar-refractivity contribution >= 4 is 5.96 Å². The summed E-state index contributed by atoms with van der Waals surface area (Å²) in [6, 6.07) is 16.1. The third kappa shape index (κ3) is 5.31. The first-order chi connectivity index (χ1) is 13.3. The summed E-state index contributed by atoms with van der Waals surface area (Å²) in [4.78, 5) is 8.61. The maximum atomic E-state index is 5.26. The molecule has 0 amide bonds. The van der Waals surface area contributed by atoms with Crippen molar-refractivity contribution in [3.05, 3.63) is 72.3 Å². The number of nitrogens with zero attached hydrogens (tertiary/aromatic N) is 4. The Kier molecular flexibility index (Phi) is 6.40. The highest BCUT2D eigenvalue weighted by Gasteiger charge is 2.01. The van der Waals surface area contributed by atoms with Gasteiger partial charge in [-0.25, -0.2) is 14.7 Å². The highest BCUT2D eigenvalue weighted by Crippen LogP contribution is 2.13. The largest absolute Gasteiger partial charge is 0.497 e. The molecule has 0 saturated carbocycles. The van der Waals surface area contributed by atoms with Crippen LogP contribution in [0, 0.1) is 0 Å². The zero-order chi connectivity index (χ0) is 18.9. The molecule has 7 nitrogen and oxygen atoms in total. The topological polar surface area (TPSA) is 76.4 Å². The first-order valence-electron chi connectivity index (χ1n) is 8.87. The molecule has 0 aliphatic rings. The molecular formula is C20H24N6O. The van der Waals surface area contributed by atoms with Gasteiger partial charge in [0.2, 0.25) is 0 Å². The molecule has 3 rings (SSSR count). The molecule has 0 atom stereocenters. The quantitative estimate of drug-likeness (QED) is 0.498. The number of benzene rings is 2. The summed E-state index contributed by atoms with van der Waals surface area (Å²) in [7, 11) is 1.67. The molecule has 1 heterocycles. The highest BCUT2D eigenvalue weighted by atomic mass is 16.5. The van der Waals surface area contributed by atoms with Gasteiger partial charge in [0.1, 0.15) is 18.4 Å². The van der Waals surface area contributed by atoms with Gasteiger partial charge in [-0.05, 0) is 42.3 Å². The second-order valence-corrected chi connectivity index (χ2v) is 5.91. The second-order valence-electron chi connectivity index (χ2n) is 5.91. The van der Waals surface area contributed by atoms with Gasteiger partial charge in [0, 0.05) is 13.1 Å². The fraction of sp³-hybridized carbons (Fsp3) is 0.250. The number of nitrogens with one attached hydrogen (secondary N) is 2. The SMILES string of the molecule is CCNC(=NCc1cccc(OC)c1)NCc1ccc(-n2cncn2)cc1. The first kappa shape index (κ1) is 18.4. The Morgan fingerprint density at radius 1 is 1.11 bits per heavy atom. The maximum Gasteiger partial charge on any atom is 0.191 e. The van der Waals surface area contributed by atoms with E-state index in [4.69, 9.17) is 4.74 Å². The average Bonchev–Trinajstić information content (AvgIpc) is 3.25. The van der Waals surface area contributed by atoms with E-state index in [2.05, 4.69) is 44.8 Å². The number of ether oxygens (including phenoxy) is 1. The standard InChI is InChI=1S/C20H24N6O/c1-3-22-20(24-13-17-5-4-6-19(11-17)27-2)23-12-16-7-9-18(10-8-16)26-15-21-14-25-26/h4-11,14-15H,3,12-13H2,1-2H3,(H2,22,23,24). The summed E-state index contributed by atoms with van der Waals surface area (Å²) in [5, 5.41) is 10.8. The predicted octanol–water partition coefficient (Wildman–Crippen LogP) is 2.53. The molecule has 0 spiro atoms. The van der Waals surface area contributed by atoms with Gasteiger partial charge >= 0.3 is 0 Å². The molecule has 0 aliphatic heterocycles. The van der Waals surface area contributed by atoms with Crippen LogP contribution >= 0.6 is 0 Å². The number of aromatic nitrogens is 3. The number of guanidine groups is 1. The van der Waals surface area contributed by atoms with Gasteiger partial charge in [-0.1, -0.05) is 24.3 Å². The minimum Gasteiger partial charge on any atom is -0.497 e. The van der Waals surface area contributed by atoms with Crippen LogP contribution < -0.4 is 15.4 Å². The van der Waals surface area contributed by atoms with Crippen molar-refractivity contribution in [3.63, 3.8) is 0 Å². The van der Waals surface area contributed by atoms with Crippen LogP contribution in [0.15, 0.2) is 66.2 Å². The second kappa shape index (κ2) is 9.38. The van der Waals surface area contributed by atoms with Crippen molar-refractivity contribution in [1.82, 2.24) is 25.4 Å². The van der Waals surface area contributed by atoms with E-state index < -0.39 is 0 Å². The summed E-state index contributed by atoms with van der Waals surface area (Å²) >= 11 is 0.